The lowest BCUT2D eigenvalue weighted by Gasteiger charge is -2.29. The minimum absolute atomic E-state index is 0.127. The number of sulfonamides is 1. The van der Waals surface area contributed by atoms with Crippen molar-refractivity contribution in [1.29, 1.82) is 0 Å². The lowest BCUT2D eigenvalue weighted by atomic mass is 10.2. The smallest absolute Gasteiger partial charge is 0.243 e. The highest BCUT2D eigenvalue weighted by Crippen LogP contribution is 2.21. The van der Waals surface area contributed by atoms with E-state index < -0.39 is 10.0 Å². The summed E-state index contributed by atoms with van der Waals surface area (Å²) in [5.74, 6) is -0.159. The van der Waals surface area contributed by atoms with Gasteiger partial charge in [0.1, 0.15) is 0 Å². The van der Waals surface area contributed by atoms with Crippen molar-refractivity contribution in [1.82, 2.24) is 4.31 Å². The number of morpholine rings is 1. The van der Waals surface area contributed by atoms with Crippen molar-refractivity contribution < 1.29 is 17.9 Å². The summed E-state index contributed by atoms with van der Waals surface area (Å²) in [6, 6.07) is 14.1. The number of benzene rings is 2. The molecule has 0 N–H and O–H groups in total. The van der Waals surface area contributed by atoms with Crippen molar-refractivity contribution >= 4 is 21.5 Å². The first-order chi connectivity index (χ1) is 12.9. The number of ketones is 1. The number of nitrogens with zero attached hydrogens (tertiary/aromatic N) is 2. The minimum atomic E-state index is -3.67. The molecule has 0 bridgehead atoms. The van der Waals surface area contributed by atoms with Crippen LogP contribution in [0.4, 0.5) is 5.69 Å². The van der Waals surface area contributed by atoms with E-state index in [2.05, 4.69) is 4.90 Å². The molecule has 0 spiro atoms. The number of carbonyl (C=O) groups is 1. The maximum absolute atomic E-state index is 12.8. The summed E-state index contributed by atoms with van der Waals surface area (Å²) in [6.07, 6.45) is 0. The van der Waals surface area contributed by atoms with E-state index in [-0.39, 0.29) is 17.2 Å². The van der Waals surface area contributed by atoms with Crippen LogP contribution in [0.15, 0.2) is 53.4 Å². The highest BCUT2D eigenvalue weighted by Gasteiger charge is 2.22. The Morgan fingerprint density at radius 3 is 2.41 bits per heavy atom. The van der Waals surface area contributed by atoms with Gasteiger partial charge in [0.2, 0.25) is 10.0 Å². The molecule has 1 aliphatic heterocycles. The van der Waals surface area contributed by atoms with Crippen LogP contribution in [0.5, 0.6) is 0 Å². The van der Waals surface area contributed by atoms with E-state index in [0.29, 0.717) is 5.56 Å². The van der Waals surface area contributed by atoms with E-state index >= 15 is 0 Å². The standard InChI is InChI=1S/C20H24N2O4S/c1-16(23)18-4-3-5-20(14-18)27(24,25)21(2)15-17-6-8-19(9-7-17)22-10-12-26-13-11-22/h3-9,14H,10-13,15H2,1-2H3. The van der Waals surface area contributed by atoms with Crippen LogP contribution in [0.3, 0.4) is 0 Å². The second kappa shape index (κ2) is 8.21. The van der Waals surface area contributed by atoms with Crippen molar-refractivity contribution in [2.75, 3.05) is 38.3 Å². The monoisotopic (exact) mass is 388 g/mol. The third-order valence-corrected chi connectivity index (χ3v) is 6.47. The molecule has 6 nitrogen and oxygen atoms in total. The van der Waals surface area contributed by atoms with Crippen molar-refractivity contribution in [3.8, 4) is 0 Å². The van der Waals surface area contributed by atoms with E-state index in [1.165, 1.54) is 23.4 Å². The molecular weight excluding hydrogens is 364 g/mol. The van der Waals surface area contributed by atoms with Gasteiger partial charge in [0, 0.05) is 37.9 Å². The van der Waals surface area contributed by atoms with Gasteiger partial charge >= 0.3 is 0 Å². The van der Waals surface area contributed by atoms with Gasteiger partial charge in [-0.3, -0.25) is 4.79 Å². The van der Waals surface area contributed by atoms with Crippen LogP contribution in [-0.2, 0) is 21.3 Å². The van der Waals surface area contributed by atoms with E-state index in [0.717, 1.165) is 37.6 Å². The first-order valence-electron chi connectivity index (χ1n) is 8.87. The van der Waals surface area contributed by atoms with Crippen molar-refractivity contribution in [3.63, 3.8) is 0 Å². The van der Waals surface area contributed by atoms with Crippen LogP contribution in [0.25, 0.3) is 0 Å². The molecule has 0 radical (unpaired) electrons. The van der Waals surface area contributed by atoms with Crippen molar-refractivity contribution in [3.05, 3.63) is 59.7 Å². The Hall–Kier alpha value is -2.22. The van der Waals surface area contributed by atoms with Gasteiger partial charge in [0.25, 0.3) is 0 Å². The highest BCUT2D eigenvalue weighted by molar-refractivity contribution is 7.89. The van der Waals surface area contributed by atoms with Crippen molar-refractivity contribution in [2.24, 2.45) is 0 Å². The van der Waals surface area contributed by atoms with Gasteiger partial charge in [-0.15, -0.1) is 0 Å². The summed E-state index contributed by atoms with van der Waals surface area (Å²) in [7, 11) is -2.12. The minimum Gasteiger partial charge on any atom is -0.378 e. The van der Waals surface area contributed by atoms with Gasteiger partial charge in [-0.2, -0.15) is 4.31 Å². The zero-order chi connectivity index (χ0) is 19.4. The predicted molar refractivity (Wildman–Crippen MR) is 105 cm³/mol. The van der Waals surface area contributed by atoms with Gasteiger partial charge in [0.15, 0.2) is 5.78 Å². The van der Waals surface area contributed by atoms with Gasteiger partial charge < -0.3 is 9.64 Å². The van der Waals surface area contributed by atoms with Crippen LogP contribution in [0.2, 0.25) is 0 Å². The number of anilines is 1. The average molecular weight is 388 g/mol. The molecule has 144 valence electrons. The SMILES string of the molecule is CC(=O)c1cccc(S(=O)(=O)N(C)Cc2ccc(N3CCOCC3)cc2)c1. The Morgan fingerprint density at radius 2 is 1.78 bits per heavy atom. The number of ether oxygens (including phenoxy) is 1. The number of carbonyl (C=O) groups excluding carboxylic acids is 1. The molecule has 1 aliphatic rings. The molecule has 1 saturated heterocycles. The van der Waals surface area contributed by atoms with Gasteiger partial charge in [-0.1, -0.05) is 24.3 Å². The Kier molecular flexibility index (Phi) is 5.94. The van der Waals surface area contributed by atoms with Crippen LogP contribution >= 0.6 is 0 Å². The molecule has 3 rings (SSSR count). The summed E-state index contributed by atoms with van der Waals surface area (Å²) >= 11 is 0. The fraction of sp³-hybridized carbons (Fsp3) is 0.350. The summed E-state index contributed by atoms with van der Waals surface area (Å²) in [6.45, 7) is 4.85. The number of rotatable bonds is 6. The lowest BCUT2D eigenvalue weighted by molar-refractivity contribution is 0.101. The molecule has 0 saturated carbocycles. The molecule has 1 heterocycles. The van der Waals surface area contributed by atoms with Gasteiger partial charge in [-0.25, -0.2) is 8.42 Å². The quantitative estimate of drug-likeness (QED) is 0.712. The van der Waals surface area contributed by atoms with Crippen LogP contribution in [0.1, 0.15) is 22.8 Å². The first-order valence-corrected chi connectivity index (χ1v) is 10.3. The van der Waals surface area contributed by atoms with E-state index in [9.17, 15) is 13.2 Å². The Morgan fingerprint density at radius 1 is 1.11 bits per heavy atom. The summed E-state index contributed by atoms with van der Waals surface area (Å²) in [4.78, 5) is 13.9. The predicted octanol–water partition coefficient (Wildman–Crippen LogP) is 2.55. The lowest BCUT2D eigenvalue weighted by Crippen LogP contribution is -2.36. The molecule has 0 atom stereocenters. The summed E-state index contributed by atoms with van der Waals surface area (Å²) < 4.78 is 32.3. The van der Waals surface area contributed by atoms with Crippen LogP contribution in [0, 0.1) is 0 Å². The molecular formula is C20H24N2O4S. The van der Waals surface area contributed by atoms with Gasteiger partial charge in [-0.05, 0) is 36.8 Å². The number of hydrogen-bond donors (Lipinski definition) is 0. The molecule has 0 unspecified atom stereocenters. The maximum atomic E-state index is 12.8. The van der Waals surface area contributed by atoms with Crippen LogP contribution in [-0.4, -0.2) is 51.9 Å². The number of hydrogen-bond acceptors (Lipinski definition) is 5. The number of Topliss-reactive ketones (excluding diaryl/α,β-unsaturated/α-hetero) is 1. The second-order valence-corrected chi connectivity index (χ2v) is 8.66. The molecule has 1 fully saturated rings. The topological polar surface area (TPSA) is 66.9 Å². The Labute approximate surface area is 160 Å². The zero-order valence-corrected chi connectivity index (χ0v) is 16.4. The third-order valence-electron chi connectivity index (χ3n) is 4.67. The maximum Gasteiger partial charge on any atom is 0.243 e. The fourth-order valence-electron chi connectivity index (χ4n) is 3.03. The second-order valence-electron chi connectivity index (χ2n) is 6.61. The molecule has 0 aliphatic carbocycles. The third kappa shape index (κ3) is 4.55. The highest BCUT2D eigenvalue weighted by atomic mass is 32.2. The van der Waals surface area contributed by atoms with Crippen molar-refractivity contribution in [2.45, 2.75) is 18.4 Å². The Bertz CT molecular complexity index is 904. The fourth-order valence-corrected chi connectivity index (χ4v) is 4.24. The molecule has 0 amide bonds. The normalized spacial score (nSPS) is 15.1. The zero-order valence-electron chi connectivity index (χ0n) is 15.6. The summed E-state index contributed by atoms with van der Waals surface area (Å²) in [5.41, 5.74) is 2.40. The van der Waals surface area contributed by atoms with E-state index in [4.69, 9.17) is 4.74 Å². The molecule has 2 aromatic carbocycles. The summed E-state index contributed by atoms with van der Waals surface area (Å²) in [5, 5.41) is 0. The average Bonchev–Trinajstić information content (AvgIpc) is 2.69. The molecule has 27 heavy (non-hydrogen) atoms. The Balaban J connectivity index is 1.73. The molecule has 0 aromatic heterocycles. The molecule has 2 aromatic rings. The van der Waals surface area contributed by atoms with Crippen LogP contribution < -0.4 is 4.90 Å². The molecule has 7 heteroatoms. The van der Waals surface area contributed by atoms with Gasteiger partial charge in [0.05, 0.1) is 18.1 Å². The first kappa shape index (κ1) is 19.5. The van der Waals surface area contributed by atoms with E-state index in [1.54, 1.807) is 19.2 Å². The van der Waals surface area contributed by atoms with E-state index in [1.807, 2.05) is 24.3 Å². The largest absolute Gasteiger partial charge is 0.378 e.